The molecule has 4 aromatic heterocycles. The number of carboxylic acid groups (broad SMARTS) is 4. The van der Waals surface area contributed by atoms with E-state index < -0.39 is 54.1 Å². The summed E-state index contributed by atoms with van der Waals surface area (Å²) in [6.45, 7) is 11.5. The lowest BCUT2D eigenvalue weighted by Crippen LogP contribution is -2.49. The molecule has 2 atom stereocenters. The summed E-state index contributed by atoms with van der Waals surface area (Å²) in [4.78, 5) is 89.3. The Morgan fingerprint density at radius 3 is 1.70 bits per heavy atom. The molecule has 0 fully saturated rings. The van der Waals surface area contributed by atoms with E-state index in [1.54, 1.807) is 0 Å². The Balaban J connectivity index is 1.91. The molecule has 8 bridgehead atoms. The first kappa shape index (κ1) is 44.7. The van der Waals surface area contributed by atoms with Gasteiger partial charge in [0.05, 0.1) is 28.7 Å². The van der Waals surface area contributed by atoms with E-state index in [0.717, 1.165) is 44.5 Å². The van der Waals surface area contributed by atoms with Crippen molar-refractivity contribution < 1.29 is 49.2 Å². The number of carboxylic acids is 4. The number of hydrogen-bond acceptors (Lipinski definition) is 7. The number of carbonyl (C=O) groups excluding carboxylic acids is 2. The van der Waals surface area contributed by atoms with Gasteiger partial charge in [-0.25, -0.2) is 0 Å². The van der Waals surface area contributed by atoms with Crippen molar-refractivity contribution in [2.75, 3.05) is 0 Å². The summed E-state index contributed by atoms with van der Waals surface area (Å²) in [7, 11) is 0. The van der Waals surface area contributed by atoms with Crippen molar-refractivity contribution in [2.45, 2.75) is 118 Å². The van der Waals surface area contributed by atoms with E-state index in [9.17, 15) is 44.4 Å². The summed E-state index contributed by atoms with van der Waals surface area (Å²) in [6.07, 6.45) is 5.57. The molecule has 11 N–H and O–H groups in total. The first-order chi connectivity index (χ1) is 28.4. The van der Waals surface area contributed by atoms with Gasteiger partial charge in [0.25, 0.3) is 0 Å². The Morgan fingerprint density at radius 1 is 0.583 bits per heavy atom. The van der Waals surface area contributed by atoms with Gasteiger partial charge in [-0.1, -0.05) is 13.8 Å². The number of H-pyrrole nitrogens is 4. The molecule has 16 heteroatoms. The van der Waals surface area contributed by atoms with Crippen LogP contribution in [0.2, 0.25) is 0 Å². The van der Waals surface area contributed by atoms with Gasteiger partial charge in [0.2, 0.25) is 5.91 Å². The Morgan fingerprint density at radius 2 is 1.10 bits per heavy atom. The van der Waals surface area contributed by atoms with Crippen LogP contribution in [0.15, 0.2) is 0 Å². The molecule has 0 aliphatic carbocycles. The van der Waals surface area contributed by atoms with Gasteiger partial charge in [0.1, 0.15) is 0 Å². The van der Waals surface area contributed by atoms with Gasteiger partial charge >= 0.3 is 23.9 Å². The minimum Gasteiger partial charge on any atom is -0.481 e. The molecule has 1 aliphatic heterocycles. The summed E-state index contributed by atoms with van der Waals surface area (Å²) in [5.41, 5.74) is 15.1. The average molecular weight is 827 g/mol. The fourth-order valence-corrected chi connectivity index (χ4v) is 8.14. The quantitative estimate of drug-likeness (QED) is 0.0686. The molecule has 0 aromatic carbocycles. The van der Waals surface area contributed by atoms with E-state index in [2.05, 4.69) is 25.3 Å². The molecule has 1 amide bonds. The highest BCUT2D eigenvalue weighted by Gasteiger charge is 2.32. The van der Waals surface area contributed by atoms with Crippen molar-refractivity contribution >= 4 is 59.4 Å². The first-order valence-corrected chi connectivity index (χ1v) is 20.1. The third-order valence-corrected chi connectivity index (χ3v) is 11.5. The van der Waals surface area contributed by atoms with Gasteiger partial charge in [-0.05, 0) is 129 Å². The molecule has 60 heavy (non-hydrogen) atoms. The summed E-state index contributed by atoms with van der Waals surface area (Å²) >= 11 is 0. The molecule has 5 heterocycles. The Labute approximate surface area is 345 Å². The van der Waals surface area contributed by atoms with Crippen LogP contribution >= 0.6 is 0 Å². The zero-order valence-corrected chi connectivity index (χ0v) is 34.8. The maximum atomic E-state index is 15.2. The number of nitrogens with two attached hydrogens (primary N) is 1. The van der Waals surface area contributed by atoms with Gasteiger partial charge in [0.15, 0.2) is 5.78 Å². The van der Waals surface area contributed by atoms with Gasteiger partial charge in [0, 0.05) is 58.8 Å². The summed E-state index contributed by atoms with van der Waals surface area (Å²) in [6, 6.07) is -2.64. The number of amides is 1. The summed E-state index contributed by atoms with van der Waals surface area (Å²) in [5.74, 6) is -5.64. The number of ketones is 1. The molecule has 0 saturated carbocycles. The van der Waals surface area contributed by atoms with E-state index >= 15 is 4.79 Å². The second-order valence-corrected chi connectivity index (χ2v) is 15.3. The minimum atomic E-state index is -1.36. The van der Waals surface area contributed by atoms with Crippen LogP contribution in [0.3, 0.4) is 0 Å². The van der Waals surface area contributed by atoms with E-state index in [1.165, 1.54) is 0 Å². The predicted molar refractivity (Wildman–Crippen MR) is 223 cm³/mol. The second-order valence-electron chi connectivity index (χ2n) is 15.3. The zero-order valence-electron chi connectivity index (χ0n) is 34.8. The fraction of sp³-hybridized carbons (Fsp3) is 0.409. The topological polar surface area (TPSA) is 285 Å². The SMILES string of the molecule is CCc1c2[nH]c(c1C)C(C(=O)[C@H](CCC(=O)O)NC(=O)[C@@H](N)CCC(=O)O)=c1[nH]c(c(C)c1CC)=Cc1[nH]c(c(CCC(=O)O)c1C)C=c1[nH]c(c(C)c1CCC(=O)O)=C2. The maximum Gasteiger partial charge on any atom is 0.303 e. The lowest BCUT2D eigenvalue weighted by Gasteiger charge is -2.21. The molecule has 0 spiro atoms. The Kier molecular flexibility index (Phi) is 13.9. The number of rotatable bonds is 18. The number of carbonyl (C=O) groups is 6. The van der Waals surface area contributed by atoms with E-state index in [1.807, 2.05) is 59.8 Å². The number of aromatic nitrogens is 4. The number of hydrogen-bond donors (Lipinski definition) is 10. The molecular formula is C44H54N6O10. The standard InChI is InChI=1S/C44H54N6O10/c1-7-24-23(6)41-40(43(59)29(12-16-39(57)58)50-44(60)28(45)11-15-38(55)56)42-25(8-2)20(3)32(48-42)17-30-21(4)26(9-13-36(51)52)34(46-30)19-35-27(10-14-37(53)54)22(5)31(47-35)18-33(24)49-41/h17-19,28-29,46-49H,7-16,45H2,1-6H3,(H,50,60)(H,51,52)(H,53,54)(H,55,56)(H,57,58)/t28-,29-/m0/s1. The third-order valence-electron chi connectivity index (χ3n) is 11.5. The molecule has 5 rings (SSSR count). The van der Waals surface area contributed by atoms with Crippen LogP contribution < -0.4 is 32.4 Å². The molecule has 16 nitrogen and oxygen atoms in total. The van der Waals surface area contributed by atoms with Gasteiger partial charge in [-0.15, -0.1) is 0 Å². The highest BCUT2D eigenvalue weighted by molar-refractivity contribution is 6.23. The molecular weight excluding hydrogens is 773 g/mol. The zero-order chi connectivity index (χ0) is 44.2. The van der Waals surface area contributed by atoms with Crippen molar-refractivity contribution in [1.82, 2.24) is 25.3 Å². The summed E-state index contributed by atoms with van der Waals surface area (Å²) in [5, 5.41) is 43.3. The van der Waals surface area contributed by atoms with Crippen LogP contribution in [0.1, 0.15) is 120 Å². The molecule has 320 valence electrons. The van der Waals surface area contributed by atoms with Gasteiger partial charge < -0.3 is 51.4 Å². The monoisotopic (exact) mass is 826 g/mol. The number of aliphatic carboxylic acids is 4. The van der Waals surface area contributed by atoms with Gasteiger partial charge in [-0.3, -0.25) is 28.8 Å². The fourth-order valence-electron chi connectivity index (χ4n) is 8.14. The van der Waals surface area contributed by atoms with Crippen molar-refractivity contribution in [3.05, 3.63) is 88.7 Å². The Hall–Kier alpha value is -6.42. The van der Waals surface area contributed by atoms with Crippen LogP contribution in [0.25, 0.3) is 23.8 Å². The van der Waals surface area contributed by atoms with Crippen molar-refractivity contribution in [3.8, 4) is 0 Å². The first-order valence-electron chi connectivity index (χ1n) is 20.1. The number of Topliss-reactive ketones (excluding diaryl/α,β-unsaturated/α-hetero) is 1. The van der Waals surface area contributed by atoms with Crippen LogP contribution in [0.4, 0.5) is 0 Å². The highest BCUT2D eigenvalue weighted by atomic mass is 16.4. The van der Waals surface area contributed by atoms with Crippen LogP contribution in [-0.4, -0.2) is 88.0 Å². The third kappa shape index (κ3) is 9.54. The van der Waals surface area contributed by atoms with Crippen molar-refractivity contribution in [2.24, 2.45) is 5.73 Å². The van der Waals surface area contributed by atoms with E-state index in [0.29, 0.717) is 57.0 Å². The van der Waals surface area contributed by atoms with Crippen LogP contribution in [-0.2, 0) is 54.5 Å². The van der Waals surface area contributed by atoms with Crippen LogP contribution in [0, 0.1) is 27.7 Å². The smallest absolute Gasteiger partial charge is 0.303 e. The lowest BCUT2D eigenvalue weighted by molar-refractivity contribution is -0.139. The number of fused-ring (bicyclic) bond motifs is 8. The lowest BCUT2D eigenvalue weighted by atomic mass is 9.93. The van der Waals surface area contributed by atoms with Crippen LogP contribution in [0.5, 0.6) is 0 Å². The van der Waals surface area contributed by atoms with E-state index in [-0.39, 0.29) is 50.5 Å². The second kappa shape index (κ2) is 18.7. The molecule has 0 unspecified atom stereocenters. The number of nitrogens with one attached hydrogen (secondary N) is 5. The van der Waals surface area contributed by atoms with Crippen molar-refractivity contribution in [1.29, 1.82) is 0 Å². The normalized spacial score (nSPS) is 13.2. The van der Waals surface area contributed by atoms with E-state index in [4.69, 9.17) is 5.73 Å². The predicted octanol–water partition coefficient (Wildman–Crippen LogP) is 1.50. The molecule has 0 radical (unpaired) electrons. The maximum absolute atomic E-state index is 15.2. The van der Waals surface area contributed by atoms with Gasteiger partial charge in [-0.2, -0.15) is 0 Å². The number of aromatic amines is 4. The molecule has 1 aliphatic rings. The summed E-state index contributed by atoms with van der Waals surface area (Å²) < 4.78 is 0. The van der Waals surface area contributed by atoms with Crippen molar-refractivity contribution in [3.63, 3.8) is 0 Å². The Bertz CT molecular complexity index is 2640. The highest BCUT2D eigenvalue weighted by Crippen LogP contribution is 2.28. The molecule has 0 saturated heterocycles. The largest absolute Gasteiger partial charge is 0.481 e. The molecule has 4 aromatic rings. The minimum absolute atomic E-state index is 0.127. The average Bonchev–Trinajstić information content (AvgIpc) is 3.86.